The van der Waals surface area contributed by atoms with Crippen molar-refractivity contribution in [2.75, 3.05) is 5.32 Å². The Kier molecular flexibility index (Phi) is 4.75. The minimum atomic E-state index is -4.43. The number of anilines is 1. The molecule has 0 spiro atoms. The largest absolute Gasteiger partial charge is 0.416 e. The lowest BCUT2D eigenvalue weighted by Crippen LogP contribution is -2.12. The predicted octanol–water partition coefficient (Wildman–Crippen LogP) is 5.76. The number of nitrogens with one attached hydrogen (secondary N) is 1. The van der Waals surface area contributed by atoms with Gasteiger partial charge in [-0.25, -0.2) is 4.39 Å². The fraction of sp³-hybridized carbons (Fsp3) is 0.0500. The van der Waals surface area contributed by atoms with Crippen molar-refractivity contribution in [3.63, 3.8) is 0 Å². The molecule has 0 aromatic heterocycles. The van der Waals surface area contributed by atoms with Crippen LogP contribution < -0.4 is 5.32 Å². The van der Waals surface area contributed by atoms with Crippen LogP contribution in [-0.4, -0.2) is 5.91 Å². The molecule has 0 unspecified atom stereocenters. The number of rotatable bonds is 3. The van der Waals surface area contributed by atoms with Gasteiger partial charge in [0.15, 0.2) is 0 Å². The lowest BCUT2D eigenvalue weighted by atomic mass is 10.0. The van der Waals surface area contributed by atoms with Crippen molar-refractivity contribution in [1.29, 1.82) is 0 Å². The summed E-state index contributed by atoms with van der Waals surface area (Å²) in [5, 5.41) is 2.53. The lowest BCUT2D eigenvalue weighted by Gasteiger charge is -2.09. The van der Waals surface area contributed by atoms with Crippen LogP contribution in [-0.2, 0) is 6.18 Å². The highest BCUT2D eigenvalue weighted by Crippen LogP contribution is 2.30. The molecule has 3 aromatic rings. The van der Waals surface area contributed by atoms with Crippen LogP contribution in [0.2, 0.25) is 0 Å². The molecule has 0 fully saturated rings. The second-order valence-electron chi connectivity index (χ2n) is 5.59. The summed E-state index contributed by atoms with van der Waals surface area (Å²) in [5.41, 5.74) is 0.812. The number of halogens is 4. The molecule has 1 N–H and O–H groups in total. The van der Waals surface area contributed by atoms with Crippen molar-refractivity contribution in [2.45, 2.75) is 6.18 Å². The van der Waals surface area contributed by atoms with Crippen LogP contribution in [0.15, 0.2) is 72.8 Å². The third-order valence-electron chi connectivity index (χ3n) is 3.80. The molecule has 3 rings (SSSR count). The molecule has 0 aliphatic rings. The summed E-state index contributed by atoms with van der Waals surface area (Å²) in [5.74, 6) is -0.834. The molecule has 3 aromatic carbocycles. The van der Waals surface area contributed by atoms with E-state index in [0.717, 1.165) is 12.1 Å². The Bertz CT molecular complexity index is 916. The first kappa shape index (κ1) is 17.7. The monoisotopic (exact) mass is 359 g/mol. The quantitative estimate of drug-likeness (QED) is 0.592. The van der Waals surface area contributed by atoms with Gasteiger partial charge in [0, 0.05) is 16.8 Å². The normalized spacial score (nSPS) is 11.2. The van der Waals surface area contributed by atoms with Crippen molar-refractivity contribution in [1.82, 2.24) is 0 Å². The van der Waals surface area contributed by atoms with E-state index < -0.39 is 17.6 Å². The van der Waals surface area contributed by atoms with Crippen LogP contribution in [0.1, 0.15) is 15.9 Å². The van der Waals surface area contributed by atoms with Gasteiger partial charge in [0.25, 0.3) is 5.91 Å². The fourth-order valence-electron chi connectivity index (χ4n) is 2.44. The van der Waals surface area contributed by atoms with Crippen LogP contribution in [0.3, 0.4) is 0 Å². The van der Waals surface area contributed by atoms with E-state index in [1.165, 1.54) is 30.3 Å². The maximum atomic E-state index is 13.8. The molecule has 0 radical (unpaired) electrons. The fourth-order valence-corrected chi connectivity index (χ4v) is 2.44. The van der Waals surface area contributed by atoms with Gasteiger partial charge in [0.2, 0.25) is 0 Å². The summed E-state index contributed by atoms with van der Waals surface area (Å²) in [7, 11) is 0. The average Bonchev–Trinajstić information content (AvgIpc) is 2.62. The van der Waals surface area contributed by atoms with Crippen molar-refractivity contribution in [2.24, 2.45) is 0 Å². The van der Waals surface area contributed by atoms with Crippen LogP contribution in [0.5, 0.6) is 0 Å². The van der Waals surface area contributed by atoms with E-state index in [4.69, 9.17) is 0 Å². The Morgan fingerprint density at radius 2 is 1.42 bits per heavy atom. The molecule has 0 heterocycles. The Morgan fingerprint density at radius 1 is 0.808 bits per heavy atom. The summed E-state index contributed by atoms with van der Waals surface area (Å²) in [6, 6.07) is 16.7. The highest BCUT2D eigenvalue weighted by Gasteiger charge is 2.30. The molecule has 2 nitrogen and oxygen atoms in total. The number of amides is 1. The minimum Gasteiger partial charge on any atom is -0.322 e. The van der Waals surface area contributed by atoms with E-state index in [2.05, 4.69) is 5.32 Å². The van der Waals surface area contributed by atoms with Gasteiger partial charge in [-0.2, -0.15) is 13.2 Å². The predicted molar refractivity (Wildman–Crippen MR) is 91.2 cm³/mol. The average molecular weight is 359 g/mol. The number of benzene rings is 3. The van der Waals surface area contributed by atoms with Crippen molar-refractivity contribution in [3.05, 3.63) is 89.7 Å². The number of hydrogen-bond donors (Lipinski definition) is 1. The second kappa shape index (κ2) is 7.00. The molecule has 132 valence electrons. The molecule has 6 heteroatoms. The second-order valence-corrected chi connectivity index (χ2v) is 5.59. The number of hydrogen-bond acceptors (Lipinski definition) is 1. The minimum absolute atomic E-state index is 0.251. The number of carbonyl (C=O) groups excluding carboxylic acids is 1. The van der Waals surface area contributed by atoms with Crippen molar-refractivity contribution >= 4 is 11.6 Å². The Hall–Kier alpha value is -3.15. The molecule has 0 saturated carbocycles. The highest BCUT2D eigenvalue weighted by atomic mass is 19.4. The van der Waals surface area contributed by atoms with E-state index in [0.29, 0.717) is 16.7 Å². The topological polar surface area (TPSA) is 29.1 Å². The van der Waals surface area contributed by atoms with Gasteiger partial charge in [-0.1, -0.05) is 30.3 Å². The van der Waals surface area contributed by atoms with Crippen LogP contribution in [0, 0.1) is 5.82 Å². The lowest BCUT2D eigenvalue weighted by molar-refractivity contribution is -0.137. The van der Waals surface area contributed by atoms with Crippen molar-refractivity contribution in [3.8, 4) is 11.1 Å². The zero-order chi connectivity index (χ0) is 18.7. The summed E-state index contributed by atoms with van der Waals surface area (Å²) >= 11 is 0. The first-order valence-corrected chi connectivity index (χ1v) is 7.68. The zero-order valence-corrected chi connectivity index (χ0v) is 13.3. The molecule has 0 saturated heterocycles. The van der Waals surface area contributed by atoms with Gasteiger partial charge in [0.05, 0.1) is 5.56 Å². The number of carbonyl (C=O) groups is 1. The molecule has 1 amide bonds. The van der Waals surface area contributed by atoms with Gasteiger partial charge in [-0.3, -0.25) is 4.79 Å². The van der Waals surface area contributed by atoms with Gasteiger partial charge < -0.3 is 5.32 Å². The smallest absolute Gasteiger partial charge is 0.322 e. The van der Waals surface area contributed by atoms with E-state index in [1.54, 1.807) is 30.3 Å². The molecule has 0 aliphatic heterocycles. The van der Waals surface area contributed by atoms with E-state index >= 15 is 0 Å². The maximum Gasteiger partial charge on any atom is 0.416 e. The van der Waals surface area contributed by atoms with Crippen molar-refractivity contribution < 1.29 is 22.4 Å². The van der Waals surface area contributed by atoms with Crippen LogP contribution in [0.4, 0.5) is 23.2 Å². The first-order valence-electron chi connectivity index (χ1n) is 7.68. The molecular weight excluding hydrogens is 346 g/mol. The Labute approximate surface area is 147 Å². The zero-order valence-electron chi connectivity index (χ0n) is 13.3. The molecule has 0 aliphatic carbocycles. The summed E-state index contributed by atoms with van der Waals surface area (Å²) in [6.07, 6.45) is -4.43. The Balaban J connectivity index is 1.73. The maximum absolute atomic E-state index is 13.8. The Morgan fingerprint density at radius 3 is 2.00 bits per heavy atom. The van der Waals surface area contributed by atoms with Gasteiger partial charge in [-0.15, -0.1) is 0 Å². The van der Waals surface area contributed by atoms with Crippen LogP contribution >= 0.6 is 0 Å². The first-order chi connectivity index (χ1) is 12.3. The number of alkyl halides is 3. The molecule has 0 atom stereocenters. The summed E-state index contributed by atoms with van der Waals surface area (Å²) in [6.45, 7) is 0. The summed E-state index contributed by atoms with van der Waals surface area (Å²) in [4.78, 5) is 12.2. The summed E-state index contributed by atoms with van der Waals surface area (Å²) < 4.78 is 51.4. The van der Waals surface area contributed by atoms with Crippen LogP contribution in [0.25, 0.3) is 11.1 Å². The molecular formula is C20H13F4NO. The molecule has 26 heavy (non-hydrogen) atoms. The van der Waals surface area contributed by atoms with Gasteiger partial charge in [0.1, 0.15) is 5.82 Å². The molecule has 0 bridgehead atoms. The van der Waals surface area contributed by atoms with E-state index in [1.807, 2.05) is 0 Å². The standard InChI is InChI=1S/C20H13F4NO/c21-18-4-2-1-3-17(18)13-5-7-14(8-6-13)19(26)25-16-11-9-15(10-12-16)20(22,23)24/h1-12H,(H,25,26). The SMILES string of the molecule is O=C(Nc1ccc(C(F)(F)F)cc1)c1ccc(-c2ccccc2F)cc1. The highest BCUT2D eigenvalue weighted by molar-refractivity contribution is 6.04. The van der Waals surface area contributed by atoms with E-state index in [-0.39, 0.29) is 11.5 Å². The van der Waals surface area contributed by atoms with Gasteiger partial charge >= 0.3 is 6.18 Å². The third-order valence-corrected chi connectivity index (χ3v) is 3.80. The van der Waals surface area contributed by atoms with E-state index in [9.17, 15) is 22.4 Å². The van der Waals surface area contributed by atoms with Gasteiger partial charge in [-0.05, 0) is 48.0 Å². The third kappa shape index (κ3) is 3.91.